The van der Waals surface area contributed by atoms with Gasteiger partial charge in [-0.3, -0.25) is 4.79 Å². The largest absolute Gasteiger partial charge is 0.494 e. The number of carbonyl (C=O) groups excluding carboxylic acids is 1. The lowest BCUT2D eigenvalue weighted by molar-refractivity contribution is -0.137. The van der Waals surface area contributed by atoms with E-state index in [1.807, 2.05) is 0 Å². The van der Waals surface area contributed by atoms with Crippen molar-refractivity contribution in [2.75, 3.05) is 11.9 Å². The Labute approximate surface area is 148 Å². The van der Waals surface area contributed by atoms with Gasteiger partial charge in [0.1, 0.15) is 5.75 Å². The van der Waals surface area contributed by atoms with Crippen LogP contribution < -0.4 is 10.1 Å². The first kappa shape index (κ1) is 19.1. The van der Waals surface area contributed by atoms with Crippen molar-refractivity contribution in [3.05, 3.63) is 58.6 Å². The summed E-state index contributed by atoms with van der Waals surface area (Å²) in [5.41, 5.74) is -0.687. The summed E-state index contributed by atoms with van der Waals surface area (Å²) in [6.07, 6.45) is -2.57. The van der Waals surface area contributed by atoms with Crippen molar-refractivity contribution in [1.29, 1.82) is 0 Å². The van der Waals surface area contributed by atoms with Crippen LogP contribution in [0.25, 0.3) is 0 Å². The number of unbranched alkanes of at least 4 members (excludes halogenated alkanes) is 1. The molecule has 1 N–H and O–H groups in total. The van der Waals surface area contributed by atoms with E-state index < -0.39 is 17.6 Å². The van der Waals surface area contributed by atoms with E-state index in [0.717, 1.165) is 31.0 Å². The fraction of sp³-hybridized carbons (Fsp3) is 0.278. The van der Waals surface area contributed by atoms with Crippen LogP contribution in [0.5, 0.6) is 5.75 Å². The van der Waals surface area contributed by atoms with Crippen molar-refractivity contribution >= 4 is 23.2 Å². The molecule has 3 nitrogen and oxygen atoms in total. The smallest absolute Gasteiger partial charge is 0.416 e. The molecule has 0 saturated carbocycles. The van der Waals surface area contributed by atoms with Gasteiger partial charge in [0.25, 0.3) is 5.91 Å². The zero-order valence-electron chi connectivity index (χ0n) is 13.5. The number of halogens is 4. The van der Waals surface area contributed by atoms with Gasteiger partial charge >= 0.3 is 6.18 Å². The average Bonchev–Trinajstić information content (AvgIpc) is 2.56. The van der Waals surface area contributed by atoms with E-state index in [4.69, 9.17) is 16.3 Å². The summed E-state index contributed by atoms with van der Waals surface area (Å²) in [5.74, 6) is 0.0726. The first-order valence-corrected chi connectivity index (χ1v) is 8.10. The molecule has 0 saturated heterocycles. The highest BCUT2D eigenvalue weighted by molar-refractivity contribution is 6.34. The third-order valence-electron chi connectivity index (χ3n) is 3.43. The minimum absolute atomic E-state index is 0.0286. The van der Waals surface area contributed by atoms with E-state index in [2.05, 4.69) is 12.2 Å². The molecule has 0 fully saturated rings. The Kier molecular flexibility index (Phi) is 6.31. The molecule has 0 aromatic heterocycles. The van der Waals surface area contributed by atoms with E-state index >= 15 is 0 Å². The number of nitrogens with one attached hydrogen (secondary N) is 1. The van der Waals surface area contributed by atoms with E-state index in [0.29, 0.717) is 12.4 Å². The van der Waals surface area contributed by atoms with Gasteiger partial charge in [-0.25, -0.2) is 0 Å². The molecule has 25 heavy (non-hydrogen) atoms. The number of rotatable bonds is 6. The molecule has 0 atom stereocenters. The van der Waals surface area contributed by atoms with Crippen molar-refractivity contribution in [3.63, 3.8) is 0 Å². The Bertz CT molecular complexity index is 730. The van der Waals surface area contributed by atoms with Crippen molar-refractivity contribution in [1.82, 2.24) is 0 Å². The highest BCUT2D eigenvalue weighted by atomic mass is 35.5. The quantitative estimate of drug-likeness (QED) is 0.652. The second-order valence-electron chi connectivity index (χ2n) is 5.37. The predicted octanol–water partition coefficient (Wildman–Crippen LogP) is 5.79. The minimum Gasteiger partial charge on any atom is -0.494 e. The molecule has 0 radical (unpaired) electrons. The summed E-state index contributed by atoms with van der Waals surface area (Å²) in [6, 6.07) is 9.13. The second-order valence-corrected chi connectivity index (χ2v) is 5.78. The molecule has 0 aliphatic heterocycles. The molecule has 7 heteroatoms. The number of benzene rings is 2. The Morgan fingerprint density at radius 1 is 1.16 bits per heavy atom. The SMILES string of the molecule is CCCCOc1ccc(C(=O)Nc2cc(C(F)(F)F)ccc2Cl)cc1. The van der Waals surface area contributed by atoms with Crippen LogP contribution in [-0.2, 0) is 6.18 Å². The zero-order valence-corrected chi connectivity index (χ0v) is 14.2. The van der Waals surface area contributed by atoms with Gasteiger partial charge in [0, 0.05) is 5.56 Å². The molecule has 1 amide bonds. The molecule has 2 aromatic carbocycles. The van der Waals surface area contributed by atoms with Crippen LogP contribution in [0.2, 0.25) is 5.02 Å². The van der Waals surface area contributed by atoms with Crippen LogP contribution in [0.3, 0.4) is 0 Å². The molecule has 0 aliphatic rings. The van der Waals surface area contributed by atoms with Gasteiger partial charge in [0.15, 0.2) is 0 Å². The van der Waals surface area contributed by atoms with Crippen LogP contribution in [-0.4, -0.2) is 12.5 Å². The number of anilines is 1. The van der Waals surface area contributed by atoms with Gasteiger partial charge in [0.2, 0.25) is 0 Å². The summed E-state index contributed by atoms with van der Waals surface area (Å²) in [6.45, 7) is 2.64. The highest BCUT2D eigenvalue weighted by Gasteiger charge is 2.31. The van der Waals surface area contributed by atoms with E-state index in [-0.39, 0.29) is 16.3 Å². The number of carbonyl (C=O) groups is 1. The lowest BCUT2D eigenvalue weighted by Gasteiger charge is -2.12. The van der Waals surface area contributed by atoms with Crippen molar-refractivity contribution in [2.24, 2.45) is 0 Å². The molecule has 2 aromatic rings. The minimum atomic E-state index is -4.51. The van der Waals surface area contributed by atoms with Gasteiger partial charge in [-0.1, -0.05) is 24.9 Å². The number of amides is 1. The Balaban J connectivity index is 2.09. The van der Waals surface area contributed by atoms with Crippen molar-refractivity contribution in [2.45, 2.75) is 25.9 Å². The molecule has 0 unspecified atom stereocenters. The van der Waals surface area contributed by atoms with Gasteiger partial charge in [0.05, 0.1) is 22.9 Å². The first-order chi connectivity index (χ1) is 11.8. The number of ether oxygens (including phenoxy) is 1. The monoisotopic (exact) mass is 371 g/mol. The fourth-order valence-corrected chi connectivity index (χ4v) is 2.19. The van der Waals surface area contributed by atoms with Crippen LogP contribution in [0, 0.1) is 0 Å². The van der Waals surface area contributed by atoms with Crippen LogP contribution in [0.15, 0.2) is 42.5 Å². The summed E-state index contributed by atoms with van der Waals surface area (Å²) in [4.78, 5) is 12.2. The van der Waals surface area contributed by atoms with E-state index in [1.54, 1.807) is 12.1 Å². The molecule has 0 bridgehead atoms. The lowest BCUT2D eigenvalue weighted by Crippen LogP contribution is -2.13. The molecule has 0 spiro atoms. The van der Waals surface area contributed by atoms with Gasteiger partial charge in [-0.05, 0) is 48.9 Å². The van der Waals surface area contributed by atoms with Crippen LogP contribution in [0.1, 0.15) is 35.7 Å². The molecular formula is C18H17ClF3NO2. The zero-order chi connectivity index (χ0) is 18.4. The maximum absolute atomic E-state index is 12.8. The molecule has 0 heterocycles. The lowest BCUT2D eigenvalue weighted by atomic mass is 10.1. The van der Waals surface area contributed by atoms with Gasteiger partial charge in [-0.15, -0.1) is 0 Å². The standard InChI is InChI=1S/C18H17ClF3NO2/c1-2-3-10-25-14-7-4-12(5-8-14)17(24)23-16-11-13(18(20,21)22)6-9-15(16)19/h4-9,11H,2-3,10H2,1H3,(H,23,24). The number of alkyl halides is 3. The van der Waals surface area contributed by atoms with Crippen LogP contribution in [0.4, 0.5) is 18.9 Å². The van der Waals surface area contributed by atoms with E-state index in [9.17, 15) is 18.0 Å². The third-order valence-corrected chi connectivity index (χ3v) is 3.75. The maximum Gasteiger partial charge on any atom is 0.416 e. The third kappa shape index (κ3) is 5.39. The Morgan fingerprint density at radius 3 is 2.44 bits per heavy atom. The first-order valence-electron chi connectivity index (χ1n) is 7.72. The van der Waals surface area contributed by atoms with Crippen molar-refractivity contribution in [3.8, 4) is 5.75 Å². The van der Waals surface area contributed by atoms with E-state index in [1.165, 1.54) is 12.1 Å². The molecule has 134 valence electrons. The normalized spacial score (nSPS) is 11.2. The van der Waals surface area contributed by atoms with Gasteiger partial charge in [-0.2, -0.15) is 13.2 Å². The fourth-order valence-electron chi connectivity index (χ4n) is 2.03. The number of hydrogen-bond acceptors (Lipinski definition) is 2. The van der Waals surface area contributed by atoms with Crippen LogP contribution >= 0.6 is 11.6 Å². The van der Waals surface area contributed by atoms with Gasteiger partial charge < -0.3 is 10.1 Å². The predicted molar refractivity (Wildman–Crippen MR) is 91.3 cm³/mol. The Morgan fingerprint density at radius 2 is 1.84 bits per heavy atom. The summed E-state index contributed by atoms with van der Waals surface area (Å²) >= 11 is 5.87. The maximum atomic E-state index is 12.8. The van der Waals surface area contributed by atoms with Crippen molar-refractivity contribution < 1.29 is 22.7 Å². The Hall–Kier alpha value is -2.21. The molecule has 2 rings (SSSR count). The topological polar surface area (TPSA) is 38.3 Å². The summed E-state index contributed by atoms with van der Waals surface area (Å²) < 4.78 is 43.8. The second kappa shape index (κ2) is 8.25. The average molecular weight is 372 g/mol. The molecular weight excluding hydrogens is 355 g/mol. The number of hydrogen-bond donors (Lipinski definition) is 1. The summed E-state index contributed by atoms with van der Waals surface area (Å²) in [5, 5.41) is 2.43. The summed E-state index contributed by atoms with van der Waals surface area (Å²) in [7, 11) is 0. The molecule has 0 aliphatic carbocycles. The highest BCUT2D eigenvalue weighted by Crippen LogP contribution is 2.34.